The average molecular weight is 443 g/mol. The number of nitrogens with zero attached hydrogens (tertiary/aromatic N) is 1. The summed E-state index contributed by atoms with van der Waals surface area (Å²) >= 11 is 0. The first-order valence-electron chi connectivity index (χ1n) is 10.2. The number of hydrogen-bond acceptors (Lipinski definition) is 7. The number of anilines is 2. The van der Waals surface area contributed by atoms with Gasteiger partial charge in [-0.25, -0.2) is 4.79 Å². The van der Waals surface area contributed by atoms with Crippen molar-refractivity contribution in [2.75, 3.05) is 17.6 Å². The molecule has 1 aromatic heterocycles. The average Bonchev–Trinajstić information content (AvgIpc) is 2.93. The van der Waals surface area contributed by atoms with Gasteiger partial charge in [-0.05, 0) is 49.3 Å². The van der Waals surface area contributed by atoms with Gasteiger partial charge in [-0.15, -0.1) is 0 Å². The van der Waals surface area contributed by atoms with Crippen molar-refractivity contribution in [1.82, 2.24) is 15.3 Å². The van der Waals surface area contributed by atoms with Crippen molar-refractivity contribution >= 4 is 29.6 Å². The number of fused-ring (bicyclic) bond motifs is 1. The summed E-state index contributed by atoms with van der Waals surface area (Å²) in [5.74, 6) is -2.24. The van der Waals surface area contributed by atoms with Gasteiger partial charge in [-0.1, -0.05) is 12.1 Å². The van der Waals surface area contributed by atoms with Crippen LogP contribution < -0.4 is 21.9 Å². The molecule has 0 fully saturated rings. The molecule has 1 aromatic carbocycles. The highest BCUT2D eigenvalue weighted by Crippen LogP contribution is 2.23. The third-order valence-electron chi connectivity index (χ3n) is 5.36. The van der Waals surface area contributed by atoms with Crippen molar-refractivity contribution in [3.8, 4) is 0 Å². The molecule has 1 amide bonds. The summed E-state index contributed by atoms with van der Waals surface area (Å²) in [4.78, 5) is 53.2. The Morgan fingerprint density at radius 1 is 1.22 bits per heavy atom. The van der Waals surface area contributed by atoms with Gasteiger partial charge in [0.05, 0.1) is 5.56 Å². The van der Waals surface area contributed by atoms with Gasteiger partial charge in [0.2, 0.25) is 5.95 Å². The fourth-order valence-corrected chi connectivity index (χ4v) is 3.70. The topological polar surface area (TPSA) is 187 Å². The summed E-state index contributed by atoms with van der Waals surface area (Å²) in [5.41, 5.74) is 7.17. The molecule has 0 radical (unpaired) electrons. The lowest BCUT2D eigenvalue weighted by atomic mass is 9.91. The molecule has 170 valence electrons. The van der Waals surface area contributed by atoms with Crippen LogP contribution in [0.1, 0.15) is 40.7 Å². The molecule has 11 heteroatoms. The standard InChI is InChI=1S/C21H25N5O6/c22-21-25-17-14(19(30)26-21)10-12(7-8-23-17)9-11-1-3-13(4-2-11)18(29)24-15(20(31)32)5-6-16(27)28/h1-4,12,15H,5-10H2,(H,24,29)(H,27,28)(H,31,32)(H4,22,23,25,26,30)/t12?,15-/m0/s1. The predicted octanol–water partition coefficient (Wildman–Crippen LogP) is 0.617. The first-order valence-corrected chi connectivity index (χ1v) is 10.2. The maximum Gasteiger partial charge on any atom is 0.326 e. The van der Waals surface area contributed by atoms with E-state index in [1.165, 1.54) is 0 Å². The molecule has 0 bridgehead atoms. The Hall–Kier alpha value is -3.89. The maximum atomic E-state index is 12.4. The highest BCUT2D eigenvalue weighted by atomic mass is 16.4. The predicted molar refractivity (Wildman–Crippen MR) is 115 cm³/mol. The third-order valence-corrected chi connectivity index (χ3v) is 5.36. The van der Waals surface area contributed by atoms with E-state index in [1.807, 2.05) is 0 Å². The number of benzene rings is 1. The molecule has 7 N–H and O–H groups in total. The van der Waals surface area contributed by atoms with Gasteiger partial charge in [0.25, 0.3) is 11.5 Å². The van der Waals surface area contributed by atoms with Gasteiger partial charge in [-0.3, -0.25) is 19.4 Å². The molecular formula is C21H25N5O6. The first-order chi connectivity index (χ1) is 15.2. The van der Waals surface area contributed by atoms with E-state index in [-0.39, 0.29) is 35.8 Å². The number of aromatic amines is 1. The number of rotatable bonds is 8. The minimum Gasteiger partial charge on any atom is -0.481 e. The molecule has 1 aliphatic rings. The van der Waals surface area contributed by atoms with Crippen LogP contribution in [-0.4, -0.2) is 50.6 Å². The first kappa shape index (κ1) is 22.8. The van der Waals surface area contributed by atoms with Crippen LogP contribution in [0.5, 0.6) is 0 Å². The van der Waals surface area contributed by atoms with Gasteiger partial charge in [-0.2, -0.15) is 4.98 Å². The van der Waals surface area contributed by atoms with Crippen molar-refractivity contribution in [2.45, 2.75) is 38.1 Å². The molecular weight excluding hydrogens is 418 g/mol. The molecule has 3 rings (SSSR count). The van der Waals surface area contributed by atoms with E-state index in [4.69, 9.17) is 10.8 Å². The molecule has 1 unspecified atom stereocenters. The number of carbonyl (C=O) groups excluding carboxylic acids is 1. The number of aliphatic carboxylic acids is 2. The van der Waals surface area contributed by atoms with Crippen molar-refractivity contribution in [2.24, 2.45) is 5.92 Å². The quantitative estimate of drug-likeness (QED) is 0.340. The Labute approximate surface area is 183 Å². The molecule has 2 heterocycles. The van der Waals surface area contributed by atoms with Crippen LogP contribution in [0.25, 0.3) is 0 Å². The SMILES string of the molecule is Nc1nc2c(c(=O)[nH]1)CC(Cc1ccc(C(=O)N[C@@H](CCC(=O)O)C(=O)O)cc1)CCN2. The third kappa shape index (κ3) is 5.84. The minimum absolute atomic E-state index is 0.0710. The number of carboxylic acids is 2. The molecule has 2 aromatic rings. The number of amides is 1. The lowest BCUT2D eigenvalue weighted by molar-refractivity contribution is -0.140. The lowest BCUT2D eigenvalue weighted by Crippen LogP contribution is -2.41. The monoisotopic (exact) mass is 443 g/mol. The van der Waals surface area contributed by atoms with Crippen LogP contribution in [-0.2, 0) is 22.4 Å². The number of aromatic nitrogens is 2. The van der Waals surface area contributed by atoms with Crippen LogP contribution in [0, 0.1) is 5.92 Å². The van der Waals surface area contributed by atoms with E-state index in [9.17, 15) is 24.3 Å². The largest absolute Gasteiger partial charge is 0.481 e. The van der Waals surface area contributed by atoms with Crippen LogP contribution in [0.4, 0.5) is 11.8 Å². The van der Waals surface area contributed by atoms with Crippen LogP contribution in [0.2, 0.25) is 0 Å². The Kier molecular flexibility index (Phi) is 7.08. The number of nitrogens with two attached hydrogens (primary N) is 1. The summed E-state index contributed by atoms with van der Waals surface area (Å²) in [6.45, 7) is 0.654. The summed E-state index contributed by atoms with van der Waals surface area (Å²) in [5, 5.41) is 23.4. The number of hydrogen-bond donors (Lipinski definition) is 6. The van der Waals surface area contributed by atoms with Crippen LogP contribution in [0.15, 0.2) is 29.1 Å². The van der Waals surface area contributed by atoms with Gasteiger partial charge in [0.1, 0.15) is 11.9 Å². The van der Waals surface area contributed by atoms with Gasteiger partial charge < -0.3 is 26.6 Å². The second-order valence-corrected chi connectivity index (χ2v) is 7.76. The summed E-state index contributed by atoms with van der Waals surface area (Å²) in [6.07, 6.45) is 1.48. The fraction of sp³-hybridized carbons (Fsp3) is 0.381. The lowest BCUT2D eigenvalue weighted by Gasteiger charge is -2.15. The zero-order valence-electron chi connectivity index (χ0n) is 17.3. The Bertz CT molecular complexity index is 1070. The number of carbonyl (C=O) groups is 3. The highest BCUT2D eigenvalue weighted by molar-refractivity contribution is 5.96. The Morgan fingerprint density at radius 3 is 2.59 bits per heavy atom. The molecule has 1 aliphatic heterocycles. The van der Waals surface area contributed by atoms with E-state index < -0.39 is 23.9 Å². The zero-order chi connectivity index (χ0) is 23.3. The van der Waals surface area contributed by atoms with E-state index in [0.29, 0.717) is 30.8 Å². The van der Waals surface area contributed by atoms with E-state index in [1.54, 1.807) is 24.3 Å². The zero-order valence-corrected chi connectivity index (χ0v) is 17.3. The number of nitrogen functional groups attached to an aromatic ring is 1. The smallest absolute Gasteiger partial charge is 0.326 e. The minimum atomic E-state index is -1.29. The van der Waals surface area contributed by atoms with E-state index in [2.05, 4.69) is 20.6 Å². The molecule has 0 spiro atoms. The fourth-order valence-electron chi connectivity index (χ4n) is 3.70. The Morgan fingerprint density at radius 2 is 1.94 bits per heavy atom. The normalized spacial score (nSPS) is 16.2. The molecule has 0 saturated carbocycles. The molecule has 32 heavy (non-hydrogen) atoms. The second-order valence-electron chi connectivity index (χ2n) is 7.76. The molecule has 11 nitrogen and oxygen atoms in total. The second kappa shape index (κ2) is 9.94. The molecule has 0 saturated heterocycles. The van der Waals surface area contributed by atoms with E-state index in [0.717, 1.165) is 12.0 Å². The highest BCUT2D eigenvalue weighted by Gasteiger charge is 2.23. The maximum absolute atomic E-state index is 12.4. The van der Waals surface area contributed by atoms with Crippen LogP contribution in [0.3, 0.4) is 0 Å². The molecule has 2 atom stereocenters. The van der Waals surface area contributed by atoms with Gasteiger partial charge in [0.15, 0.2) is 0 Å². The van der Waals surface area contributed by atoms with Gasteiger partial charge in [0, 0.05) is 18.5 Å². The van der Waals surface area contributed by atoms with Crippen molar-refractivity contribution in [3.63, 3.8) is 0 Å². The summed E-state index contributed by atoms with van der Waals surface area (Å²) in [7, 11) is 0. The molecule has 0 aliphatic carbocycles. The number of H-pyrrole nitrogens is 1. The van der Waals surface area contributed by atoms with Crippen molar-refractivity contribution in [1.29, 1.82) is 0 Å². The summed E-state index contributed by atoms with van der Waals surface area (Å²) < 4.78 is 0. The number of nitrogens with one attached hydrogen (secondary N) is 3. The van der Waals surface area contributed by atoms with Gasteiger partial charge >= 0.3 is 11.9 Å². The van der Waals surface area contributed by atoms with Crippen LogP contribution >= 0.6 is 0 Å². The summed E-state index contributed by atoms with van der Waals surface area (Å²) in [6, 6.07) is 5.48. The van der Waals surface area contributed by atoms with Crippen molar-refractivity contribution in [3.05, 3.63) is 51.3 Å². The Balaban J connectivity index is 1.64. The van der Waals surface area contributed by atoms with Crippen molar-refractivity contribution < 1.29 is 24.6 Å². The number of carboxylic acid groups (broad SMARTS) is 2. The van der Waals surface area contributed by atoms with E-state index >= 15 is 0 Å².